The van der Waals surface area contributed by atoms with Crippen LogP contribution in [-0.2, 0) is 0 Å². The fraction of sp³-hybridized carbons (Fsp3) is 0.200. The highest BCUT2D eigenvalue weighted by atomic mass is 19.4. The number of ether oxygens (including phenoxy) is 1. The summed E-state index contributed by atoms with van der Waals surface area (Å²) in [5.41, 5.74) is 0.434. The van der Waals surface area contributed by atoms with E-state index in [9.17, 15) is 22.4 Å². The van der Waals surface area contributed by atoms with Crippen LogP contribution < -0.4 is 10.1 Å². The van der Waals surface area contributed by atoms with E-state index < -0.39 is 24.5 Å². The van der Waals surface area contributed by atoms with Crippen molar-refractivity contribution in [2.75, 3.05) is 11.9 Å². The Morgan fingerprint density at radius 2 is 2.00 bits per heavy atom. The van der Waals surface area contributed by atoms with Crippen LogP contribution in [0, 0.1) is 12.7 Å². The van der Waals surface area contributed by atoms with Gasteiger partial charge in [-0.15, -0.1) is 0 Å². The van der Waals surface area contributed by atoms with E-state index >= 15 is 0 Å². The van der Waals surface area contributed by atoms with Crippen molar-refractivity contribution in [3.8, 4) is 5.75 Å². The number of pyridine rings is 1. The lowest BCUT2D eigenvalue weighted by atomic mass is 10.2. The molecule has 122 valence electrons. The SMILES string of the molecule is Cc1cccc(C(=O)Nc2cc(F)ccc2OCC(F)(F)F)n1. The average Bonchev–Trinajstić information content (AvgIpc) is 2.45. The predicted molar refractivity (Wildman–Crippen MR) is 74.9 cm³/mol. The third kappa shape index (κ3) is 4.94. The monoisotopic (exact) mass is 328 g/mol. The molecule has 1 N–H and O–H groups in total. The first kappa shape index (κ1) is 16.7. The zero-order valence-corrected chi connectivity index (χ0v) is 11.9. The van der Waals surface area contributed by atoms with Crippen molar-refractivity contribution < 1.29 is 27.1 Å². The van der Waals surface area contributed by atoms with Crippen LogP contribution in [0.3, 0.4) is 0 Å². The van der Waals surface area contributed by atoms with Gasteiger partial charge in [0.15, 0.2) is 6.61 Å². The number of nitrogens with one attached hydrogen (secondary N) is 1. The van der Waals surface area contributed by atoms with E-state index in [0.29, 0.717) is 5.69 Å². The predicted octanol–water partition coefficient (Wildman–Crippen LogP) is 3.72. The molecule has 2 rings (SSSR count). The smallest absolute Gasteiger partial charge is 0.422 e. The van der Waals surface area contributed by atoms with Gasteiger partial charge >= 0.3 is 6.18 Å². The third-order valence-corrected chi connectivity index (χ3v) is 2.70. The van der Waals surface area contributed by atoms with Crippen LogP contribution >= 0.6 is 0 Å². The summed E-state index contributed by atoms with van der Waals surface area (Å²) in [6, 6.07) is 7.53. The van der Waals surface area contributed by atoms with Gasteiger partial charge in [-0.3, -0.25) is 4.79 Å². The summed E-state index contributed by atoms with van der Waals surface area (Å²) in [6.45, 7) is 0.126. The first-order chi connectivity index (χ1) is 10.7. The Kier molecular flexibility index (Phi) is 4.83. The summed E-state index contributed by atoms with van der Waals surface area (Å²) in [5.74, 6) is -1.70. The molecule has 0 aliphatic carbocycles. The molecular formula is C15H12F4N2O2. The number of hydrogen-bond donors (Lipinski definition) is 1. The van der Waals surface area contributed by atoms with Crippen molar-refractivity contribution in [3.05, 3.63) is 53.6 Å². The van der Waals surface area contributed by atoms with E-state index in [1.54, 1.807) is 19.1 Å². The summed E-state index contributed by atoms with van der Waals surface area (Å²) < 4.78 is 54.6. The fourth-order valence-electron chi connectivity index (χ4n) is 1.74. The Morgan fingerprint density at radius 1 is 1.26 bits per heavy atom. The largest absolute Gasteiger partial charge is 0.482 e. The Bertz CT molecular complexity index is 717. The first-order valence-electron chi connectivity index (χ1n) is 6.49. The Hall–Kier alpha value is -2.64. The molecular weight excluding hydrogens is 316 g/mol. The van der Waals surface area contributed by atoms with Crippen LogP contribution in [0.1, 0.15) is 16.2 Å². The number of rotatable bonds is 4. The number of nitrogens with zero attached hydrogens (tertiary/aromatic N) is 1. The topological polar surface area (TPSA) is 51.2 Å². The minimum absolute atomic E-state index is 0.0519. The Balaban J connectivity index is 2.21. The van der Waals surface area contributed by atoms with E-state index in [4.69, 9.17) is 0 Å². The lowest BCUT2D eigenvalue weighted by molar-refractivity contribution is -0.153. The molecule has 0 aliphatic rings. The molecule has 0 unspecified atom stereocenters. The van der Waals surface area contributed by atoms with Gasteiger partial charge in [0.25, 0.3) is 5.91 Å². The van der Waals surface area contributed by atoms with Crippen LogP contribution in [0.4, 0.5) is 23.2 Å². The number of aromatic nitrogens is 1. The summed E-state index contributed by atoms with van der Waals surface area (Å²) in [4.78, 5) is 16.0. The highest BCUT2D eigenvalue weighted by Gasteiger charge is 2.29. The quantitative estimate of drug-likeness (QED) is 0.870. The standard InChI is InChI=1S/C15H12F4N2O2/c1-9-3-2-4-11(20-9)14(22)21-12-7-10(16)5-6-13(12)23-8-15(17,18)19/h2-7H,8H2,1H3,(H,21,22). The number of carbonyl (C=O) groups is 1. The summed E-state index contributed by atoms with van der Waals surface area (Å²) >= 11 is 0. The van der Waals surface area contributed by atoms with E-state index in [2.05, 4.69) is 15.0 Å². The molecule has 0 saturated carbocycles. The summed E-state index contributed by atoms with van der Waals surface area (Å²) in [6.07, 6.45) is -4.55. The van der Waals surface area contributed by atoms with Crippen molar-refractivity contribution in [3.63, 3.8) is 0 Å². The second-order valence-electron chi connectivity index (χ2n) is 4.66. The molecule has 8 heteroatoms. The van der Waals surface area contributed by atoms with Crippen molar-refractivity contribution in [1.29, 1.82) is 0 Å². The fourth-order valence-corrected chi connectivity index (χ4v) is 1.74. The second kappa shape index (κ2) is 6.64. The van der Waals surface area contributed by atoms with Crippen molar-refractivity contribution >= 4 is 11.6 Å². The van der Waals surface area contributed by atoms with E-state index in [1.165, 1.54) is 6.07 Å². The minimum atomic E-state index is -4.55. The molecule has 23 heavy (non-hydrogen) atoms. The lowest BCUT2D eigenvalue weighted by Gasteiger charge is -2.14. The number of halogens is 4. The number of amides is 1. The zero-order chi connectivity index (χ0) is 17.0. The molecule has 1 amide bonds. The maximum Gasteiger partial charge on any atom is 0.422 e. The molecule has 1 aromatic carbocycles. The van der Waals surface area contributed by atoms with E-state index in [1.807, 2.05) is 0 Å². The van der Waals surface area contributed by atoms with Gasteiger partial charge < -0.3 is 10.1 Å². The van der Waals surface area contributed by atoms with Gasteiger partial charge in [-0.2, -0.15) is 13.2 Å². The molecule has 0 spiro atoms. The highest BCUT2D eigenvalue weighted by Crippen LogP contribution is 2.28. The van der Waals surface area contributed by atoms with E-state index in [-0.39, 0.29) is 17.1 Å². The second-order valence-corrected chi connectivity index (χ2v) is 4.66. The number of benzene rings is 1. The van der Waals surface area contributed by atoms with Gasteiger partial charge in [-0.05, 0) is 31.2 Å². The maximum atomic E-state index is 13.3. The zero-order valence-electron chi connectivity index (χ0n) is 11.9. The van der Waals surface area contributed by atoms with Gasteiger partial charge in [0.1, 0.15) is 17.3 Å². The average molecular weight is 328 g/mol. The molecule has 4 nitrogen and oxygen atoms in total. The van der Waals surface area contributed by atoms with Crippen LogP contribution in [-0.4, -0.2) is 23.7 Å². The minimum Gasteiger partial charge on any atom is -0.482 e. The number of anilines is 1. The van der Waals surface area contributed by atoms with Gasteiger partial charge in [0, 0.05) is 11.8 Å². The number of carbonyl (C=O) groups excluding carboxylic acids is 1. The Morgan fingerprint density at radius 3 is 2.65 bits per heavy atom. The van der Waals surface area contributed by atoms with Crippen LogP contribution in [0.15, 0.2) is 36.4 Å². The normalized spacial score (nSPS) is 11.2. The number of aryl methyl sites for hydroxylation is 1. The highest BCUT2D eigenvalue weighted by molar-refractivity contribution is 6.03. The van der Waals surface area contributed by atoms with Crippen molar-refractivity contribution in [1.82, 2.24) is 4.98 Å². The Labute approximate surface area is 129 Å². The van der Waals surface area contributed by atoms with Gasteiger partial charge in [0.2, 0.25) is 0 Å². The molecule has 0 fully saturated rings. The number of hydrogen-bond acceptors (Lipinski definition) is 3. The molecule has 0 bridgehead atoms. The molecule has 0 aliphatic heterocycles. The van der Waals surface area contributed by atoms with Crippen LogP contribution in [0.25, 0.3) is 0 Å². The molecule has 2 aromatic rings. The first-order valence-corrected chi connectivity index (χ1v) is 6.49. The van der Waals surface area contributed by atoms with Gasteiger partial charge in [-0.1, -0.05) is 6.07 Å². The summed E-state index contributed by atoms with van der Waals surface area (Å²) in [5, 5.41) is 2.30. The maximum absolute atomic E-state index is 13.3. The molecule has 1 heterocycles. The molecule has 0 radical (unpaired) electrons. The van der Waals surface area contributed by atoms with Crippen molar-refractivity contribution in [2.45, 2.75) is 13.1 Å². The van der Waals surface area contributed by atoms with Gasteiger partial charge in [-0.25, -0.2) is 9.37 Å². The molecule has 0 saturated heterocycles. The number of alkyl halides is 3. The van der Waals surface area contributed by atoms with E-state index in [0.717, 1.165) is 18.2 Å². The molecule has 0 atom stereocenters. The lowest BCUT2D eigenvalue weighted by Crippen LogP contribution is -2.20. The van der Waals surface area contributed by atoms with Crippen LogP contribution in [0.2, 0.25) is 0 Å². The third-order valence-electron chi connectivity index (χ3n) is 2.70. The van der Waals surface area contributed by atoms with Gasteiger partial charge in [0.05, 0.1) is 5.69 Å². The van der Waals surface area contributed by atoms with Crippen LogP contribution in [0.5, 0.6) is 5.75 Å². The summed E-state index contributed by atoms with van der Waals surface area (Å²) in [7, 11) is 0. The molecule has 1 aromatic heterocycles. The van der Waals surface area contributed by atoms with Crippen molar-refractivity contribution in [2.24, 2.45) is 0 Å².